The largest absolute Gasteiger partial charge is 0.493 e. The van der Waals surface area contributed by atoms with Gasteiger partial charge in [0.25, 0.3) is 0 Å². The van der Waals surface area contributed by atoms with Crippen molar-refractivity contribution in [2.24, 2.45) is 0 Å². The van der Waals surface area contributed by atoms with Crippen molar-refractivity contribution in [2.75, 3.05) is 0 Å². The molecule has 0 bridgehead atoms. The number of allylic oxidation sites excluding steroid dienone is 2. The van der Waals surface area contributed by atoms with E-state index in [0.29, 0.717) is 0 Å². The molecule has 0 amide bonds. The average molecular weight is 859 g/mol. The minimum Gasteiger partial charge on any atom is -0.493 e. The van der Waals surface area contributed by atoms with Gasteiger partial charge in [0.15, 0.2) is 0 Å². The highest BCUT2D eigenvalue weighted by atomic mass is 15.2. The number of unbranched alkanes of at least 4 members (excludes halogenated alkanes) is 20. The Bertz CT molecular complexity index is 1660. The third-order valence-electron chi connectivity index (χ3n) is 13.8. The average Bonchev–Trinajstić information content (AvgIpc) is 3.56. The topological polar surface area (TPSA) is 25.3 Å². The van der Waals surface area contributed by atoms with Crippen LogP contribution in [0.3, 0.4) is 0 Å². The Morgan fingerprint density at radius 2 is 0.698 bits per heavy atom. The Balaban J connectivity index is 2.36. The van der Waals surface area contributed by atoms with Crippen molar-refractivity contribution in [3.05, 3.63) is 85.5 Å². The summed E-state index contributed by atoms with van der Waals surface area (Å²) in [6.45, 7) is 18.5. The molecule has 0 unspecified atom stereocenters. The quantitative estimate of drug-likeness (QED) is 0.0371. The van der Waals surface area contributed by atoms with Crippen LogP contribution in [0.1, 0.15) is 286 Å². The molecule has 2 aromatic carbocycles. The molecule has 0 atom stereocenters. The fourth-order valence-corrected chi connectivity index (χ4v) is 10.0. The molecule has 0 aromatic heterocycles. The minimum atomic E-state index is 0.872. The van der Waals surface area contributed by atoms with Crippen molar-refractivity contribution in [1.82, 2.24) is 0 Å². The van der Waals surface area contributed by atoms with E-state index in [0.717, 1.165) is 74.8 Å². The summed E-state index contributed by atoms with van der Waals surface area (Å²) in [7, 11) is 0. The van der Waals surface area contributed by atoms with Gasteiger partial charge in [0.2, 0.25) is 11.4 Å². The standard InChI is InChI=1S/C61H98N2/c1-9-17-25-32-38-50-46-54(47-51(39-33-26-18-10-2)56(50)43-36-29-21-13-5)60-58(42-24-16-8)59(45-31-23-15-7)61(63(60)62)55-48-52(40-34-27-19-11-3)57(44-37-30-22-14-6)53(49-55)41-35-28-20-12-4/h46-49H,9-30,32-44H2,1-8H3. The second kappa shape index (κ2) is 33.5. The molecule has 0 saturated carbocycles. The lowest BCUT2D eigenvalue weighted by molar-refractivity contribution is -0.345. The third-order valence-corrected chi connectivity index (χ3v) is 13.8. The van der Waals surface area contributed by atoms with Crippen LogP contribution in [0, 0.1) is 11.8 Å². The molecule has 0 spiro atoms. The van der Waals surface area contributed by atoms with E-state index in [4.69, 9.17) is 0 Å². The van der Waals surface area contributed by atoms with E-state index in [-0.39, 0.29) is 0 Å². The molecule has 352 valence electrons. The first-order chi connectivity index (χ1) is 30.9. The molecule has 0 N–H and O–H groups in total. The number of rotatable bonds is 36. The zero-order valence-corrected chi connectivity index (χ0v) is 43.0. The van der Waals surface area contributed by atoms with Crippen LogP contribution in [0.15, 0.2) is 35.4 Å². The Morgan fingerprint density at radius 3 is 1.03 bits per heavy atom. The van der Waals surface area contributed by atoms with E-state index in [1.165, 1.54) is 195 Å². The van der Waals surface area contributed by atoms with E-state index < -0.39 is 0 Å². The zero-order chi connectivity index (χ0) is 45.5. The maximum Gasteiger partial charge on any atom is 0.223 e. The highest BCUT2D eigenvalue weighted by Gasteiger charge is 2.36. The molecule has 3 rings (SSSR count). The van der Waals surface area contributed by atoms with Crippen LogP contribution in [0.5, 0.6) is 0 Å². The Labute approximate surface area is 391 Å². The summed E-state index contributed by atoms with van der Waals surface area (Å²) in [5.41, 5.74) is 29.2. The molecule has 0 fully saturated rings. The molecule has 1 heterocycles. The molecule has 2 nitrogen and oxygen atoms in total. The molecular formula is C61H98N2. The van der Waals surface area contributed by atoms with Crippen molar-refractivity contribution < 1.29 is 4.70 Å². The summed E-state index contributed by atoms with van der Waals surface area (Å²) in [6.07, 6.45) is 42.6. The first-order valence-corrected chi connectivity index (χ1v) is 27.7. The second-order valence-corrected chi connectivity index (χ2v) is 19.4. The SMILES string of the molecule is CCCC#CC1=C(c2cc(CCCCCC)c(CCCCCC)c(CCCCCC)c2)[N+](=[N-])C(c2cc(CCCCCC)c(CCCCCC)c(CCCCCC)c2)=C1CCCC. The lowest BCUT2D eigenvalue weighted by Gasteiger charge is -2.20. The normalized spacial score (nSPS) is 12.9. The highest BCUT2D eigenvalue weighted by molar-refractivity contribution is 5.86. The second-order valence-electron chi connectivity index (χ2n) is 19.4. The molecule has 63 heavy (non-hydrogen) atoms. The van der Waals surface area contributed by atoms with Crippen LogP contribution in [0.25, 0.3) is 16.9 Å². The summed E-state index contributed by atoms with van der Waals surface area (Å²) in [5.74, 6) is 7.41. The summed E-state index contributed by atoms with van der Waals surface area (Å²) >= 11 is 0. The lowest BCUT2D eigenvalue weighted by Crippen LogP contribution is -2.09. The van der Waals surface area contributed by atoms with Crippen molar-refractivity contribution in [3.63, 3.8) is 0 Å². The summed E-state index contributed by atoms with van der Waals surface area (Å²) < 4.78 is 1.66. The van der Waals surface area contributed by atoms with E-state index >= 15 is 0 Å². The lowest BCUT2D eigenvalue weighted by atomic mass is 9.86. The van der Waals surface area contributed by atoms with Crippen LogP contribution in [0.4, 0.5) is 0 Å². The number of benzene rings is 2. The van der Waals surface area contributed by atoms with Gasteiger partial charge in [0.05, 0.1) is 0 Å². The maximum absolute atomic E-state index is 13.1. The smallest absolute Gasteiger partial charge is 0.223 e. The van der Waals surface area contributed by atoms with Gasteiger partial charge in [-0.15, -0.1) is 0 Å². The highest BCUT2D eigenvalue weighted by Crippen LogP contribution is 2.44. The molecule has 2 aromatic rings. The van der Waals surface area contributed by atoms with Crippen LogP contribution in [-0.4, -0.2) is 4.70 Å². The molecule has 1 aliphatic rings. The first-order valence-electron chi connectivity index (χ1n) is 27.7. The molecule has 0 aliphatic carbocycles. The van der Waals surface area contributed by atoms with Gasteiger partial charge >= 0.3 is 0 Å². The monoisotopic (exact) mass is 859 g/mol. The molecular weight excluding hydrogens is 761 g/mol. The first kappa shape index (κ1) is 54.4. The minimum absolute atomic E-state index is 0.872. The van der Waals surface area contributed by atoms with Gasteiger partial charge in [-0.2, -0.15) is 0 Å². The number of aryl methyl sites for hydroxylation is 4. The predicted octanol–water partition coefficient (Wildman–Crippen LogP) is 19.6. The Kier molecular flexibility index (Phi) is 29.0. The van der Waals surface area contributed by atoms with E-state index in [1.807, 2.05) is 0 Å². The molecule has 0 saturated heterocycles. The molecule has 2 heteroatoms. The molecule has 0 radical (unpaired) electrons. The van der Waals surface area contributed by atoms with E-state index in [1.54, 1.807) is 27.0 Å². The van der Waals surface area contributed by atoms with Crippen LogP contribution in [-0.2, 0) is 38.5 Å². The van der Waals surface area contributed by atoms with Gasteiger partial charge < -0.3 is 5.53 Å². The third kappa shape index (κ3) is 18.5. The summed E-state index contributed by atoms with van der Waals surface area (Å²) in [6, 6.07) is 10.1. The van der Waals surface area contributed by atoms with E-state index in [9.17, 15) is 5.53 Å². The number of hydrogen-bond donors (Lipinski definition) is 0. The Hall–Kier alpha value is -2.92. The zero-order valence-electron chi connectivity index (χ0n) is 43.0. The van der Waals surface area contributed by atoms with Gasteiger partial charge in [-0.25, -0.2) is 4.70 Å². The number of hydrogen-bond acceptors (Lipinski definition) is 0. The summed E-state index contributed by atoms with van der Waals surface area (Å²) in [5, 5.41) is 0. The Morgan fingerprint density at radius 1 is 0.365 bits per heavy atom. The van der Waals surface area contributed by atoms with Gasteiger partial charge in [0, 0.05) is 23.1 Å². The van der Waals surface area contributed by atoms with Crippen molar-refractivity contribution in [3.8, 4) is 11.8 Å². The van der Waals surface area contributed by atoms with Crippen LogP contribution in [0.2, 0.25) is 0 Å². The molecule has 1 aliphatic heterocycles. The maximum atomic E-state index is 13.1. The summed E-state index contributed by atoms with van der Waals surface area (Å²) in [4.78, 5) is 0. The van der Waals surface area contributed by atoms with Crippen molar-refractivity contribution in [2.45, 2.75) is 280 Å². The van der Waals surface area contributed by atoms with Crippen LogP contribution < -0.4 is 0 Å². The van der Waals surface area contributed by atoms with Crippen LogP contribution >= 0.6 is 0 Å². The van der Waals surface area contributed by atoms with Crippen molar-refractivity contribution in [1.29, 1.82) is 0 Å². The van der Waals surface area contributed by atoms with E-state index in [2.05, 4.69) is 91.5 Å². The van der Waals surface area contributed by atoms with Crippen molar-refractivity contribution >= 4 is 11.4 Å². The van der Waals surface area contributed by atoms with Gasteiger partial charge in [-0.3, -0.25) is 0 Å². The fourth-order valence-electron chi connectivity index (χ4n) is 10.0. The fraction of sp³-hybridized carbons (Fsp3) is 0.705. The number of nitrogens with zero attached hydrogens (tertiary/aromatic N) is 2. The van der Waals surface area contributed by atoms with Gasteiger partial charge in [-0.05, 0) is 154 Å². The van der Waals surface area contributed by atoms with Gasteiger partial charge in [-0.1, -0.05) is 189 Å². The van der Waals surface area contributed by atoms with Gasteiger partial charge in [0.1, 0.15) is 5.57 Å². The predicted molar refractivity (Wildman–Crippen MR) is 280 cm³/mol.